The molecule has 3 heteroatoms. The van der Waals surface area contributed by atoms with Crippen molar-refractivity contribution in [3.05, 3.63) is 35.4 Å². The first-order valence-electron chi connectivity index (χ1n) is 8.29. The van der Waals surface area contributed by atoms with Gasteiger partial charge in [0.05, 0.1) is 0 Å². The molecule has 0 radical (unpaired) electrons. The van der Waals surface area contributed by atoms with Crippen LogP contribution in [0.2, 0.25) is 0 Å². The third kappa shape index (κ3) is 2.50. The van der Waals surface area contributed by atoms with Crippen molar-refractivity contribution in [1.29, 1.82) is 0 Å². The molecule has 0 unspecified atom stereocenters. The van der Waals surface area contributed by atoms with Gasteiger partial charge in [-0.1, -0.05) is 12.8 Å². The van der Waals surface area contributed by atoms with E-state index < -0.39 is 11.6 Å². The molecule has 1 spiro atoms. The molecule has 0 heterocycles. The minimum Gasteiger partial charge on any atom is -0.313 e. The Morgan fingerprint density at radius 3 is 2.19 bits per heavy atom. The molecule has 4 rings (SSSR count). The van der Waals surface area contributed by atoms with E-state index in [9.17, 15) is 8.78 Å². The highest BCUT2D eigenvalue weighted by Crippen LogP contribution is 2.62. The van der Waals surface area contributed by atoms with Gasteiger partial charge < -0.3 is 5.32 Å². The Balaban J connectivity index is 1.60. The molecule has 3 aliphatic carbocycles. The highest BCUT2D eigenvalue weighted by Gasteiger charge is 2.56. The third-order valence-corrected chi connectivity index (χ3v) is 5.87. The van der Waals surface area contributed by atoms with Crippen molar-refractivity contribution < 1.29 is 8.78 Å². The van der Waals surface area contributed by atoms with Gasteiger partial charge in [-0.05, 0) is 61.6 Å². The van der Waals surface area contributed by atoms with E-state index in [1.54, 1.807) is 12.1 Å². The average molecular weight is 291 g/mol. The van der Waals surface area contributed by atoms with Gasteiger partial charge in [0, 0.05) is 24.1 Å². The Hall–Kier alpha value is -0.960. The summed E-state index contributed by atoms with van der Waals surface area (Å²) in [7, 11) is 0. The summed E-state index contributed by atoms with van der Waals surface area (Å²) >= 11 is 0. The topological polar surface area (TPSA) is 12.0 Å². The van der Waals surface area contributed by atoms with E-state index in [2.05, 4.69) is 5.32 Å². The molecule has 0 saturated heterocycles. The number of rotatable bonds is 4. The number of hydrogen-bond acceptors (Lipinski definition) is 1. The van der Waals surface area contributed by atoms with Gasteiger partial charge in [-0.25, -0.2) is 8.78 Å². The molecule has 1 aromatic carbocycles. The van der Waals surface area contributed by atoms with Gasteiger partial charge in [0.15, 0.2) is 0 Å². The first-order chi connectivity index (χ1) is 10.1. The van der Waals surface area contributed by atoms with Crippen molar-refractivity contribution in [2.24, 2.45) is 5.41 Å². The lowest BCUT2D eigenvalue weighted by Crippen LogP contribution is -2.54. The maximum atomic E-state index is 13.6. The second-order valence-electron chi connectivity index (χ2n) is 7.65. The van der Waals surface area contributed by atoms with Gasteiger partial charge in [-0.2, -0.15) is 0 Å². The van der Waals surface area contributed by atoms with E-state index in [1.807, 2.05) is 0 Å². The summed E-state index contributed by atoms with van der Waals surface area (Å²) < 4.78 is 27.3. The molecule has 0 bridgehead atoms. The summed E-state index contributed by atoms with van der Waals surface area (Å²) in [5, 5.41) is 3.60. The SMILES string of the molecule is Fc1cc(F)cc(C2(CNC3CC3)CC3(CCCC3)C2)c1. The molecular formula is C18H23F2N. The lowest BCUT2D eigenvalue weighted by atomic mass is 9.49. The van der Waals surface area contributed by atoms with Gasteiger partial charge in [-0.15, -0.1) is 0 Å². The van der Waals surface area contributed by atoms with Gasteiger partial charge >= 0.3 is 0 Å². The molecule has 0 amide bonds. The Morgan fingerprint density at radius 1 is 1.00 bits per heavy atom. The zero-order valence-electron chi connectivity index (χ0n) is 12.4. The first-order valence-corrected chi connectivity index (χ1v) is 8.29. The summed E-state index contributed by atoms with van der Waals surface area (Å²) in [5.41, 5.74) is 1.29. The molecule has 0 atom stereocenters. The maximum Gasteiger partial charge on any atom is 0.126 e. The Morgan fingerprint density at radius 2 is 1.62 bits per heavy atom. The van der Waals surface area contributed by atoms with Crippen LogP contribution in [-0.4, -0.2) is 12.6 Å². The van der Waals surface area contributed by atoms with E-state index >= 15 is 0 Å². The smallest absolute Gasteiger partial charge is 0.126 e. The van der Waals surface area contributed by atoms with Crippen molar-refractivity contribution in [3.63, 3.8) is 0 Å². The standard InChI is InChI=1S/C18H23F2N/c19-14-7-13(8-15(20)9-14)18(12-21-16-3-4-16)10-17(11-18)5-1-2-6-17/h7-9,16,21H,1-6,10-12H2. The van der Waals surface area contributed by atoms with Crippen LogP contribution < -0.4 is 5.32 Å². The summed E-state index contributed by atoms with van der Waals surface area (Å²) in [6, 6.07) is 4.73. The third-order valence-electron chi connectivity index (χ3n) is 5.87. The highest BCUT2D eigenvalue weighted by atomic mass is 19.1. The molecule has 1 N–H and O–H groups in total. The van der Waals surface area contributed by atoms with Crippen LogP contribution in [0.4, 0.5) is 8.78 Å². The maximum absolute atomic E-state index is 13.6. The Bertz CT molecular complexity index is 516. The van der Waals surface area contributed by atoms with E-state index in [0.29, 0.717) is 11.5 Å². The van der Waals surface area contributed by atoms with Crippen LogP contribution in [-0.2, 0) is 5.41 Å². The first kappa shape index (κ1) is 13.7. The van der Waals surface area contributed by atoms with Gasteiger partial charge in [-0.3, -0.25) is 0 Å². The molecule has 3 saturated carbocycles. The molecule has 3 fully saturated rings. The number of benzene rings is 1. The summed E-state index contributed by atoms with van der Waals surface area (Å²) in [4.78, 5) is 0. The van der Waals surface area contributed by atoms with Crippen LogP contribution in [0.15, 0.2) is 18.2 Å². The van der Waals surface area contributed by atoms with Crippen LogP contribution in [0, 0.1) is 17.0 Å². The van der Waals surface area contributed by atoms with E-state index in [1.165, 1.54) is 38.5 Å². The monoisotopic (exact) mass is 291 g/mol. The zero-order chi connectivity index (χ0) is 14.5. The highest BCUT2D eigenvalue weighted by molar-refractivity contribution is 5.33. The van der Waals surface area contributed by atoms with Crippen molar-refractivity contribution in [3.8, 4) is 0 Å². The fourth-order valence-corrected chi connectivity index (χ4v) is 4.78. The molecule has 3 aliphatic rings. The van der Waals surface area contributed by atoms with Gasteiger partial charge in [0.2, 0.25) is 0 Å². The Kier molecular flexibility index (Phi) is 3.11. The summed E-state index contributed by atoms with van der Waals surface area (Å²) in [6.45, 7) is 0.877. The van der Waals surface area contributed by atoms with Crippen molar-refractivity contribution in [2.45, 2.75) is 62.8 Å². The second-order valence-corrected chi connectivity index (χ2v) is 7.65. The summed E-state index contributed by atoms with van der Waals surface area (Å²) in [5.74, 6) is -0.883. The second kappa shape index (κ2) is 4.77. The van der Waals surface area contributed by atoms with Crippen molar-refractivity contribution in [1.82, 2.24) is 5.32 Å². The fourth-order valence-electron chi connectivity index (χ4n) is 4.78. The fraction of sp³-hybridized carbons (Fsp3) is 0.667. The minimum absolute atomic E-state index is 0.0458. The molecular weight excluding hydrogens is 268 g/mol. The molecule has 0 aromatic heterocycles. The van der Waals surface area contributed by atoms with Crippen LogP contribution >= 0.6 is 0 Å². The van der Waals surface area contributed by atoms with Crippen LogP contribution in [0.3, 0.4) is 0 Å². The van der Waals surface area contributed by atoms with Crippen LogP contribution in [0.1, 0.15) is 56.9 Å². The number of hydrogen-bond donors (Lipinski definition) is 1. The lowest BCUT2D eigenvalue weighted by Gasteiger charge is -2.56. The molecule has 21 heavy (non-hydrogen) atoms. The van der Waals surface area contributed by atoms with Gasteiger partial charge in [0.1, 0.15) is 11.6 Å². The Labute approximate surface area is 125 Å². The van der Waals surface area contributed by atoms with Crippen molar-refractivity contribution in [2.75, 3.05) is 6.54 Å². The van der Waals surface area contributed by atoms with E-state index in [4.69, 9.17) is 0 Å². The predicted molar refractivity (Wildman–Crippen MR) is 79.2 cm³/mol. The lowest BCUT2D eigenvalue weighted by molar-refractivity contribution is 0.0263. The van der Waals surface area contributed by atoms with E-state index in [-0.39, 0.29) is 5.41 Å². The largest absolute Gasteiger partial charge is 0.313 e. The molecule has 1 nitrogen and oxygen atoms in total. The predicted octanol–water partition coefficient (Wildman–Crippen LogP) is 4.31. The van der Waals surface area contributed by atoms with Crippen LogP contribution in [0.5, 0.6) is 0 Å². The number of nitrogens with one attached hydrogen (secondary N) is 1. The van der Waals surface area contributed by atoms with Gasteiger partial charge in [0.25, 0.3) is 0 Å². The summed E-state index contributed by atoms with van der Waals surface area (Å²) in [6.07, 6.45) is 9.95. The normalized spacial score (nSPS) is 26.0. The molecule has 114 valence electrons. The average Bonchev–Trinajstić information content (AvgIpc) is 3.10. The molecule has 1 aromatic rings. The van der Waals surface area contributed by atoms with Crippen LogP contribution in [0.25, 0.3) is 0 Å². The number of halogens is 2. The van der Waals surface area contributed by atoms with E-state index in [0.717, 1.165) is 31.0 Å². The molecule has 0 aliphatic heterocycles. The minimum atomic E-state index is -0.442. The quantitative estimate of drug-likeness (QED) is 0.871. The van der Waals surface area contributed by atoms with Crippen molar-refractivity contribution >= 4 is 0 Å². The zero-order valence-corrected chi connectivity index (χ0v) is 12.4.